The van der Waals surface area contributed by atoms with Crippen molar-refractivity contribution in [3.8, 4) is 0 Å². The number of rotatable bonds is 3. The van der Waals surface area contributed by atoms with Crippen molar-refractivity contribution in [3.63, 3.8) is 0 Å². The van der Waals surface area contributed by atoms with Gasteiger partial charge in [-0.1, -0.05) is 33.1 Å². The molecule has 3 atom stereocenters. The summed E-state index contributed by atoms with van der Waals surface area (Å²) in [5.41, 5.74) is 0. The maximum Gasteiger partial charge on any atom is 0.0462 e. The van der Waals surface area contributed by atoms with Gasteiger partial charge in [-0.25, -0.2) is 0 Å². The fraction of sp³-hybridized carbons (Fsp3) is 1.00. The first-order chi connectivity index (χ1) is 5.79. The lowest BCUT2D eigenvalue weighted by molar-refractivity contribution is 0.0988. The fourth-order valence-electron chi connectivity index (χ4n) is 2.51. The maximum absolute atomic E-state index is 9.21. The van der Waals surface area contributed by atoms with E-state index in [4.69, 9.17) is 0 Å². The second kappa shape index (κ2) is 4.86. The lowest BCUT2D eigenvalue weighted by Gasteiger charge is -2.34. The Morgan fingerprint density at radius 1 is 1.33 bits per heavy atom. The molecule has 0 bridgehead atoms. The molecule has 0 aromatic rings. The molecule has 1 N–H and O–H groups in total. The summed E-state index contributed by atoms with van der Waals surface area (Å²) >= 11 is 0. The van der Waals surface area contributed by atoms with Gasteiger partial charge >= 0.3 is 0 Å². The van der Waals surface area contributed by atoms with Crippen molar-refractivity contribution in [3.05, 3.63) is 0 Å². The van der Waals surface area contributed by atoms with Crippen LogP contribution in [0.25, 0.3) is 0 Å². The van der Waals surface area contributed by atoms with Gasteiger partial charge in [0.2, 0.25) is 0 Å². The fourth-order valence-corrected chi connectivity index (χ4v) is 2.51. The van der Waals surface area contributed by atoms with Gasteiger partial charge in [-0.2, -0.15) is 0 Å². The molecule has 1 unspecified atom stereocenters. The van der Waals surface area contributed by atoms with Crippen LogP contribution in [-0.4, -0.2) is 11.7 Å². The standard InChI is InChI=1S/C11H22O/c1-3-9(2)11-7-5-4-6-10(11)8-12/h9-12H,3-8H2,1-2H3/t9?,10-,11-/m0/s1. The van der Waals surface area contributed by atoms with Crippen molar-refractivity contribution in [2.45, 2.75) is 46.0 Å². The Hall–Kier alpha value is -0.0400. The molecular weight excluding hydrogens is 148 g/mol. The zero-order valence-electron chi connectivity index (χ0n) is 8.42. The molecular formula is C11H22O. The zero-order valence-corrected chi connectivity index (χ0v) is 8.42. The van der Waals surface area contributed by atoms with E-state index in [1.165, 1.54) is 32.1 Å². The van der Waals surface area contributed by atoms with Crippen LogP contribution < -0.4 is 0 Å². The van der Waals surface area contributed by atoms with Gasteiger partial charge in [0, 0.05) is 6.61 Å². The highest BCUT2D eigenvalue weighted by Gasteiger charge is 2.27. The summed E-state index contributed by atoms with van der Waals surface area (Å²) in [5.74, 6) is 2.21. The molecule has 1 aliphatic rings. The van der Waals surface area contributed by atoms with E-state index in [1.54, 1.807) is 0 Å². The van der Waals surface area contributed by atoms with Crippen LogP contribution in [0.15, 0.2) is 0 Å². The van der Waals surface area contributed by atoms with Crippen LogP contribution in [0, 0.1) is 17.8 Å². The molecule has 0 heterocycles. The monoisotopic (exact) mass is 170 g/mol. The number of hydrogen-bond donors (Lipinski definition) is 1. The van der Waals surface area contributed by atoms with Gasteiger partial charge in [0.25, 0.3) is 0 Å². The molecule has 1 nitrogen and oxygen atoms in total. The normalized spacial score (nSPS) is 33.2. The van der Waals surface area contributed by atoms with Gasteiger partial charge in [-0.15, -0.1) is 0 Å². The molecule has 0 saturated heterocycles. The smallest absolute Gasteiger partial charge is 0.0462 e. The second-order valence-corrected chi connectivity index (χ2v) is 4.28. The second-order valence-electron chi connectivity index (χ2n) is 4.28. The van der Waals surface area contributed by atoms with Crippen molar-refractivity contribution in [1.29, 1.82) is 0 Å². The van der Waals surface area contributed by atoms with Crippen molar-refractivity contribution in [2.24, 2.45) is 17.8 Å². The van der Waals surface area contributed by atoms with E-state index in [0.717, 1.165) is 11.8 Å². The largest absolute Gasteiger partial charge is 0.396 e. The van der Waals surface area contributed by atoms with Gasteiger partial charge in [-0.3, -0.25) is 0 Å². The molecule has 0 aromatic heterocycles. The van der Waals surface area contributed by atoms with Crippen LogP contribution in [0.1, 0.15) is 46.0 Å². The highest BCUT2D eigenvalue weighted by atomic mass is 16.3. The minimum Gasteiger partial charge on any atom is -0.396 e. The summed E-state index contributed by atoms with van der Waals surface area (Å²) < 4.78 is 0. The van der Waals surface area contributed by atoms with E-state index in [0.29, 0.717) is 12.5 Å². The van der Waals surface area contributed by atoms with Crippen LogP contribution in [0.5, 0.6) is 0 Å². The molecule has 12 heavy (non-hydrogen) atoms. The molecule has 1 rings (SSSR count). The molecule has 0 radical (unpaired) electrons. The van der Waals surface area contributed by atoms with Crippen molar-refractivity contribution in [2.75, 3.05) is 6.61 Å². The minimum absolute atomic E-state index is 0.412. The summed E-state index contributed by atoms with van der Waals surface area (Å²) in [6.07, 6.45) is 6.58. The van der Waals surface area contributed by atoms with Gasteiger partial charge in [0.15, 0.2) is 0 Å². The predicted octanol–water partition coefficient (Wildman–Crippen LogP) is 2.83. The van der Waals surface area contributed by atoms with E-state index < -0.39 is 0 Å². The van der Waals surface area contributed by atoms with E-state index >= 15 is 0 Å². The lowest BCUT2D eigenvalue weighted by Crippen LogP contribution is -2.27. The van der Waals surface area contributed by atoms with Gasteiger partial charge in [0.1, 0.15) is 0 Å². The molecule has 1 saturated carbocycles. The highest BCUT2D eigenvalue weighted by molar-refractivity contribution is 4.78. The van der Waals surface area contributed by atoms with Gasteiger partial charge < -0.3 is 5.11 Å². The lowest BCUT2D eigenvalue weighted by atomic mass is 9.72. The van der Waals surface area contributed by atoms with Crippen LogP contribution in [0.4, 0.5) is 0 Å². The average molecular weight is 170 g/mol. The molecule has 0 amide bonds. The topological polar surface area (TPSA) is 20.2 Å². The van der Waals surface area contributed by atoms with E-state index in [1.807, 2.05) is 0 Å². The van der Waals surface area contributed by atoms with Gasteiger partial charge in [-0.05, 0) is 30.6 Å². The SMILES string of the molecule is CCC(C)[C@@H]1CCCC[C@H]1CO. The molecule has 1 aliphatic carbocycles. The van der Waals surface area contributed by atoms with Crippen LogP contribution in [0.3, 0.4) is 0 Å². The third kappa shape index (κ3) is 2.22. The molecule has 0 spiro atoms. The zero-order chi connectivity index (χ0) is 8.97. The summed E-state index contributed by atoms with van der Waals surface area (Å²) in [4.78, 5) is 0. The van der Waals surface area contributed by atoms with Crippen LogP contribution in [0.2, 0.25) is 0 Å². The molecule has 1 fully saturated rings. The minimum atomic E-state index is 0.412. The van der Waals surface area contributed by atoms with E-state index in [2.05, 4.69) is 13.8 Å². The van der Waals surface area contributed by atoms with E-state index in [-0.39, 0.29) is 0 Å². The Labute approximate surface area is 76.2 Å². The van der Waals surface area contributed by atoms with Crippen LogP contribution in [-0.2, 0) is 0 Å². The summed E-state index contributed by atoms with van der Waals surface area (Å²) in [7, 11) is 0. The quantitative estimate of drug-likeness (QED) is 0.690. The Bertz CT molecular complexity index is 122. The third-order valence-electron chi connectivity index (χ3n) is 3.58. The van der Waals surface area contributed by atoms with Crippen molar-refractivity contribution < 1.29 is 5.11 Å². The number of aliphatic hydroxyl groups is 1. The first-order valence-electron chi connectivity index (χ1n) is 5.40. The Morgan fingerprint density at radius 3 is 2.58 bits per heavy atom. The Morgan fingerprint density at radius 2 is 2.00 bits per heavy atom. The average Bonchev–Trinajstić information content (AvgIpc) is 2.16. The van der Waals surface area contributed by atoms with Gasteiger partial charge in [0.05, 0.1) is 0 Å². The first-order valence-corrected chi connectivity index (χ1v) is 5.40. The Balaban J connectivity index is 2.46. The maximum atomic E-state index is 9.21. The van der Waals surface area contributed by atoms with Crippen molar-refractivity contribution >= 4 is 0 Å². The van der Waals surface area contributed by atoms with E-state index in [9.17, 15) is 5.11 Å². The van der Waals surface area contributed by atoms with Crippen LogP contribution >= 0.6 is 0 Å². The third-order valence-corrected chi connectivity index (χ3v) is 3.58. The Kier molecular flexibility index (Phi) is 4.07. The molecule has 0 aliphatic heterocycles. The molecule has 0 aromatic carbocycles. The summed E-state index contributed by atoms with van der Waals surface area (Å²) in [6.45, 7) is 5.00. The summed E-state index contributed by atoms with van der Waals surface area (Å²) in [5, 5.41) is 9.21. The summed E-state index contributed by atoms with van der Waals surface area (Å²) in [6, 6.07) is 0. The molecule has 72 valence electrons. The first kappa shape index (κ1) is 10.0. The number of hydrogen-bond acceptors (Lipinski definition) is 1. The predicted molar refractivity (Wildman–Crippen MR) is 52.0 cm³/mol. The number of aliphatic hydroxyl groups excluding tert-OH is 1. The highest BCUT2D eigenvalue weighted by Crippen LogP contribution is 2.35. The van der Waals surface area contributed by atoms with Crippen molar-refractivity contribution in [1.82, 2.24) is 0 Å². The molecule has 1 heteroatoms.